The first kappa shape index (κ1) is 18.0. The van der Waals surface area contributed by atoms with Crippen molar-refractivity contribution < 1.29 is 19.4 Å². The number of para-hydroxylation sites is 1. The van der Waals surface area contributed by atoms with Crippen LogP contribution in [0.15, 0.2) is 53.6 Å². The van der Waals surface area contributed by atoms with Gasteiger partial charge in [0.2, 0.25) is 0 Å². The number of aromatic hydroxyl groups is 1. The average molecular weight is 341 g/mol. The van der Waals surface area contributed by atoms with Gasteiger partial charge in [0, 0.05) is 5.56 Å². The Labute approximate surface area is 145 Å². The van der Waals surface area contributed by atoms with Crippen LogP contribution in [0.3, 0.4) is 0 Å². The molecule has 0 radical (unpaired) electrons. The molecule has 2 amide bonds. The van der Waals surface area contributed by atoms with Crippen LogP contribution in [-0.2, 0) is 9.59 Å². The summed E-state index contributed by atoms with van der Waals surface area (Å²) < 4.78 is 5.07. The second-order valence-corrected chi connectivity index (χ2v) is 5.23. The summed E-state index contributed by atoms with van der Waals surface area (Å²) >= 11 is 0. The summed E-state index contributed by atoms with van der Waals surface area (Å²) in [5.74, 6) is -0.971. The quantitative estimate of drug-likeness (QED) is 0.438. The van der Waals surface area contributed by atoms with E-state index in [2.05, 4.69) is 15.8 Å². The van der Waals surface area contributed by atoms with Crippen molar-refractivity contribution >= 4 is 18.0 Å². The van der Waals surface area contributed by atoms with E-state index in [0.29, 0.717) is 11.3 Å². The predicted molar refractivity (Wildman–Crippen MR) is 93.4 cm³/mol. The number of ether oxygens (including phenoxy) is 1. The molecule has 3 N–H and O–H groups in total. The molecule has 2 aromatic carbocycles. The van der Waals surface area contributed by atoms with Crippen molar-refractivity contribution in [3.63, 3.8) is 0 Å². The molecule has 0 aliphatic rings. The molecular formula is C18H19N3O4. The minimum atomic E-state index is -0.896. The van der Waals surface area contributed by atoms with E-state index in [4.69, 9.17) is 4.74 Å². The summed E-state index contributed by atoms with van der Waals surface area (Å²) in [4.78, 5) is 23.7. The number of benzene rings is 2. The third kappa shape index (κ3) is 5.07. The van der Waals surface area contributed by atoms with Gasteiger partial charge in [-0.3, -0.25) is 9.59 Å². The van der Waals surface area contributed by atoms with E-state index < -0.39 is 11.8 Å². The Morgan fingerprint density at radius 3 is 2.44 bits per heavy atom. The summed E-state index contributed by atoms with van der Waals surface area (Å²) in [5, 5.41) is 15.8. The molecule has 0 aliphatic heterocycles. The number of carbonyl (C=O) groups is 2. The molecular weight excluding hydrogens is 322 g/mol. The first-order chi connectivity index (χ1) is 12.0. The van der Waals surface area contributed by atoms with E-state index in [9.17, 15) is 14.7 Å². The smallest absolute Gasteiger partial charge is 0.329 e. The Bertz CT molecular complexity index is 772. The number of methoxy groups -OCH3 is 1. The van der Waals surface area contributed by atoms with E-state index in [1.165, 1.54) is 12.3 Å². The van der Waals surface area contributed by atoms with Crippen LogP contribution in [0.1, 0.15) is 24.1 Å². The van der Waals surface area contributed by atoms with Gasteiger partial charge in [-0.05, 0) is 36.8 Å². The van der Waals surface area contributed by atoms with Gasteiger partial charge in [-0.2, -0.15) is 5.10 Å². The highest BCUT2D eigenvalue weighted by Crippen LogP contribution is 2.17. The second kappa shape index (κ2) is 8.49. The zero-order chi connectivity index (χ0) is 18.2. The Balaban J connectivity index is 1.89. The summed E-state index contributed by atoms with van der Waals surface area (Å²) in [6.07, 6.45) is 1.26. The fraction of sp³-hybridized carbons (Fsp3) is 0.167. The summed E-state index contributed by atoms with van der Waals surface area (Å²) in [5.41, 5.74) is 3.38. The number of rotatable bonds is 5. The van der Waals surface area contributed by atoms with Crippen LogP contribution in [-0.4, -0.2) is 30.2 Å². The average Bonchev–Trinajstić information content (AvgIpc) is 2.63. The van der Waals surface area contributed by atoms with Gasteiger partial charge in [-0.25, -0.2) is 5.43 Å². The monoisotopic (exact) mass is 341 g/mol. The summed E-state index contributed by atoms with van der Waals surface area (Å²) in [7, 11) is 1.57. The molecule has 0 fully saturated rings. The number of hydrogen-bond donors (Lipinski definition) is 3. The van der Waals surface area contributed by atoms with Gasteiger partial charge in [0.25, 0.3) is 0 Å². The SMILES string of the molecule is COc1ccc([C@@H](C)NC(=O)C(=O)N/N=C\c2ccccc2O)cc1. The Hall–Kier alpha value is -3.35. The number of phenols is 1. The Kier molecular flexibility index (Phi) is 6.11. The molecule has 1 atom stereocenters. The van der Waals surface area contributed by atoms with Crippen molar-refractivity contribution in [2.75, 3.05) is 7.11 Å². The van der Waals surface area contributed by atoms with Gasteiger partial charge in [-0.1, -0.05) is 24.3 Å². The Morgan fingerprint density at radius 1 is 1.12 bits per heavy atom. The van der Waals surface area contributed by atoms with E-state index >= 15 is 0 Å². The lowest BCUT2D eigenvalue weighted by Crippen LogP contribution is -2.39. The number of phenolic OH excluding ortho intramolecular Hbond substituents is 1. The lowest BCUT2D eigenvalue weighted by molar-refractivity contribution is -0.139. The first-order valence-electron chi connectivity index (χ1n) is 7.57. The molecule has 0 spiro atoms. The molecule has 0 unspecified atom stereocenters. The molecule has 0 aliphatic carbocycles. The number of hydrazone groups is 1. The number of hydrogen-bond acceptors (Lipinski definition) is 5. The number of nitrogens with one attached hydrogen (secondary N) is 2. The van der Waals surface area contributed by atoms with Crippen molar-refractivity contribution in [1.82, 2.24) is 10.7 Å². The molecule has 0 aromatic heterocycles. The van der Waals surface area contributed by atoms with Gasteiger partial charge in [0.15, 0.2) is 0 Å². The second-order valence-electron chi connectivity index (χ2n) is 5.23. The zero-order valence-electron chi connectivity index (χ0n) is 13.9. The predicted octanol–water partition coefficient (Wildman–Crippen LogP) is 1.73. The maximum Gasteiger partial charge on any atom is 0.329 e. The molecule has 7 heteroatoms. The minimum Gasteiger partial charge on any atom is -0.507 e. The van der Waals surface area contributed by atoms with Gasteiger partial charge in [0.05, 0.1) is 19.4 Å². The normalized spacial score (nSPS) is 11.8. The van der Waals surface area contributed by atoms with E-state index in [0.717, 1.165) is 5.56 Å². The highest BCUT2D eigenvalue weighted by atomic mass is 16.5. The summed E-state index contributed by atoms with van der Waals surface area (Å²) in [6, 6.07) is 13.3. The third-order valence-electron chi connectivity index (χ3n) is 3.48. The van der Waals surface area contributed by atoms with Crippen LogP contribution in [0, 0.1) is 0 Å². The molecule has 7 nitrogen and oxygen atoms in total. The van der Waals surface area contributed by atoms with Crippen molar-refractivity contribution in [3.05, 3.63) is 59.7 Å². The number of carbonyl (C=O) groups excluding carboxylic acids is 2. The lowest BCUT2D eigenvalue weighted by Gasteiger charge is -2.13. The van der Waals surface area contributed by atoms with Crippen molar-refractivity contribution in [2.24, 2.45) is 5.10 Å². The van der Waals surface area contributed by atoms with E-state index in [1.807, 2.05) is 0 Å². The minimum absolute atomic E-state index is 0.0260. The highest BCUT2D eigenvalue weighted by molar-refractivity contribution is 6.35. The fourth-order valence-electron chi connectivity index (χ4n) is 2.05. The fourth-order valence-corrected chi connectivity index (χ4v) is 2.05. The van der Waals surface area contributed by atoms with Crippen LogP contribution in [0.5, 0.6) is 11.5 Å². The summed E-state index contributed by atoms with van der Waals surface area (Å²) in [6.45, 7) is 1.76. The molecule has 0 bridgehead atoms. The first-order valence-corrected chi connectivity index (χ1v) is 7.57. The van der Waals surface area contributed by atoms with Gasteiger partial charge in [0.1, 0.15) is 11.5 Å². The molecule has 25 heavy (non-hydrogen) atoms. The zero-order valence-corrected chi connectivity index (χ0v) is 13.9. The largest absolute Gasteiger partial charge is 0.507 e. The van der Waals surface area contributed by atoms with Crippen LogP contribution in [0.4, 0.5) is 0 Å². The van der Waals surface area contributed by atoms with Crippen LogP contribution in [0.25, 0.3) is 0 Å². The number of amides is 2. The van der Waals surface area contributed by atoms with Crippen LogP contribution >= 0.6 is 0 Å². The third-order valence-corrected chi connectivity index (χ3v) is 3.48. The van der Waals surface area contributed by atoms with Crippen LogP contribution in [0.2, 0.25) is 0 Å². The molecule has 2 aromatic rings. The highest BCUT2D eigenvalue weighted by Gasteiger charge is 2.16. The standard InChI is InChI=1S/C18H19N3O4/c1-12(13-7-9-15(25-2)10-8-13)20-17(23)18(24)21-19-11-14-5-3-4-6-16(14)22/h3-12,22H,1-2H3,(H,20,23)(H,21,24)/b19-11-/t12-/m1/s1. The van der Waals surface area contributed by atoms with E-state index in [-0.39, 0.29) is 11.8 Å². The van der Waals surface area contributed by atoms with Crippen molar-refractivity contribution in [1.29, 1.82) is 0 Å². The molecule has 0 saturated heterocycles. The van der Waals surface area contributed by atoms with Crippen molar-refractivity contribution in [2.45, 2.75) is 13.0 Å². The molecule has 130 valence electrons. The van der Waals surface area contributed by atoms with E-state index in [1.54, 1.807) is 56.5 Å². The van der Waals surface area contributed by atoms with Crippen LogP contribution < -0.4 is 15.5 Å². The van der Waals surface area contributed by atoms with Gasteiger partial charge in [-0.15, -0.1) is 0 Å². The molecule has 2 rings (SSSR count). The number of nitrogens with zero attached hydrogens (tertiary/aromatic N) is 1. The molecule has 0 saturated carbocycles. The van der Waals surface area contributed by atoms with Gasteiger partial charge >= 0.3 is 11.8 Å². The molecule has 0 heterocycles. The topological polar surface area (TPSA) is 100 Å². The lowest BCUT2D eigenvalue weighted by atomic mass is 10.1. The van der Waals surface area contributed by atoms with Crippen molar-refractivity contribution in [3.8, 4) is 11.5 Å². The maximum atomic E-state index is 11.9. The maximum absolute atomic E-state index is 11.9. The van der Waals surface area contributed by atoms with Gasteiger partial charge < -0.3 is 15.2 Å². The Morgan fingerprint density at radius 2 is 1.80 bits per heavy atom.